The molecule has 0 spiro atoms. The van der Waals surface area contributed by atoms with Gasteiger partial charge in [0, 0.05) is 0 Å². The molecule has 5 heteroatoms. The predicted molar refractivity (Wildman–Crippen MR) is 78.7 cm³/mol. The second-order valence-electron chi connectivity index (χ2n) is 4.17. The van der Waals surface area contributed by atoms with Crippen molar-refractivity contribution in [3.63, 3.8) is 0 Å². The van der Waals surface area contributed by atoms with Crippen molar-refractivity contribution < 1.29 is 13.2 Å². The number of halogens is 3. The molecule has 0 saturated carbocycles. The minimum absolute atomic E-state index is 0.441. The Labute approximate surface area is 124 Å². The summed E-state index contributed by atoms with van der Waals surface area (Å²) in [4.78, 5) is 0.740. The zero-order valence-electron chi connectivity index (χ0n) is 10.1. The van der Waals surface area contributed by atoms with Crippen molar-refractivity contribution in [3.05, 3.63) is 54.6 Å². The standard InChI is InChI=1S/C15H9F3SSe/c16-15(17,18)20-14-11-8-4-5-9-12(11)19-13(14)10-6-2-1-3-7-10/h1-9H. The normalized spacial score (nSPS) is 11.9. The fourth-order valence-electron chi connectivity index (χ4n) is 2.02. The van der Waals surface area contributed by atoms with Gasteiger partial charge in [-0.15, -0.1) is 0 Å². The van der Waals surface area contributed by atoms with E-state index in [0.29, 0.717) is 4.46 Å². The van der Waals surface area contributed by atoms with Crippen LogP contribution in [-0.2, 0) is 0 Å². The summed E-state index contributed by atoms with van der Waals surface area (Å²) in [6, 6.07) is 16.6. The van der Waals surface area contributed by atoms with Crippen molar-refractivity contribution in [2.75, 3.05) is 0 Å². The molecular formula is C15H9F3SSe. The van der Waals surface area contributed by atoms with Crippen LogP contribution < -0.4 is 4.46 Å². The fourth-order valence-corrected chi connectivity index (χ4v) is 5.28. The average Bonchev–Trinajstić information content (AvgIpc) is 2.77. The molecule has 0 unspecified atom stereocenters. The van der Waals surface area contributed by atoms with Crippen molar-refractivity contribution in [2.45, 2.75) is 5.07 Å². The molecule has 0 atom stereocenters. The van der Waals surface area contributed by atoms with Gasteiger partial charge in [-0.2, -0.15) is 0 Å². The van der Waals surface area contributed by atoms with Crippen LogP contribution in [0, 0.1) is 0 Å². The van der Waals surface area contributed by atoms with Gasteiger partial charge in [0.2, 0.25) is 0 Å². The summed E-state index contributed by atoms with van der Waals surface area (Å²) in [5.74, 6) is 0. The number of rotatable bonds is 2. The summed E-state index contributed by atoms with van der Waals surface area (Å²) in [6.45, 7) is 0. The number of hydrogen-bond acceptors (Lipinski definition) is 1. The molecule has 0 saturated heterocycles. The van der Waals surface area contributed by atoms with Gasteiger partial charge in [0.1, 0.15) is 0 Å². The Bertz CT molecular complexity index is 732. The quantitative estimate of drug-likeness (QED) is 0.596. The topological polar surface area (TPSA) is 0 Å². The van der Waals surface area contributed by atoms with Gasteiger partial charge >= 0.3 is 124 Å². The first kappa shape index (κ1) is 13.7. The Hall–Kier alpha value is -1.29. The van der Waals surface area contributed by atoms with Crippen LogP contribution in [0.15, 0.2) is 54.6 Å². The van der Waals surface area contributed by atoms with E-state index in [1.54, 1.807) is 12.1 Å². The van der Waals surface area contributed by atoms with Gasteiger partial charge in [0.25, 0.3) is 0 Å². The zero-order valence-corrected chi connectivity index (χ0v) is 12.7. The van der Waals surface area contributed by atoms with Gasteiger partial charge in [-0.3, -0.25) is 0 Å². The second kappa shape index (κ2) is 5.24. The molecular weight excluding hydrogens is 348 g/mol. The summed E-state index contributed by atoms with van der Waals surface area (Å²) in [7, 11) is 0. The van der Waals surface area contributed by atoms with E-state index in [9.17, 15) is 13.2 Å². The molecule has 1 aromatic heterocycles. The van der Waals surface area contributed by atoms with Gasteiger partial charge in [-0.25, -0.2) is 0 Å². The Morgan fingerprint density at radius 2 is 1.50 bits per heavy atom. The van der Waals surface area contributed by atoms with E-state index in [4.69, 9.17) is 0 Å². The molecule has 1 heterocycles. The number of hydrogen-bond donors (Lipinski definition) is 0. The van der Waals surface area contributed by atoms with Gasteiger partial charge < -0.3 is 0 Å². The van der Waals surface area contributed by atoms with E-state index in [2.05, 4.69) is 0 Å². The Kier molecular flexibility index (Phi) is 3.59. The van der Waals surface area contributed by atoms with E-state index >= 15 is 0 Å². The minimum atomic E-state index is -4.14. The van der Waals surface area contributed by atoms with Crippen LogP contribution in [0.3, 0.4) is 0 Å². The molecule has 0 N–H and O–H groups in total. The number of alkyl halides is 3. The SMILES string of the molecule is FC(F)(F)[Se]c1c(-c2ccccc2)sc2ccccc12. The third kappa shape index (κ3) is 2.75. The van der Waals surface area contributed by atoms with E-state index in [0.717, 1.165) is 20.5 Å². The average molecular weight is 357 g/mol. The Morgan fingerprint density at radius 1 is 0.850 bits per heavy atom. The molecule has 102 valence electrons. The van der Waals surface area contributed by atoms with Gasteiger partial charge in [0.15, 0.2) is 0 Å². The maximum atomic E-state index is 12.9. The van der Waals surface area contributed by atoms with E-state index < -0.39 is 20.0 Å². The van der Waals surface area contributed by atoms with Gasteiger partial charge in [0.05, 0.1) is 0 Å². The molecule has 0 nitrogen and oxygen atoms in total. The number of fused-ring (bicyclic) bond motifs is 1. The number of thiophene rings is 1. The molecule has 2 aromatic carbocycles. The van der Waals surface area contributed by atoms with Crippen LogP contribution in [0.2, 0.25) is 0 Å². The van der Waals surface area contributed by atoms with Crippen molar-refractivity contribution in [1.82, 2.24) is 0 Å². The Balaban J connectivity index is 2.23. The first-order valence-electron chi connectivity index (χ1n) is 5.87. The van der Waals surface area contributed by atoms with E-state index in [1.165, 1.54) is 11.3 Å². The van der Waals surface area contributed by atoms with Crippen LogP contribution >= 0.6 is 11.3 Å². The second-order valence-corrected chi connectivity index (χ2v) is 7.48. The summed E-state index contributed by atoms with van der Waals surface area (Å²) >= 11 is -0.0967. The van der Waals surface area contributed by atoms with Crippen LogP contribution in [0.5, 0.6) is 0 Å². The maximum absolute atomic E-state index is 12.9. The molecule has 0 bridgehead atoms. The van der Waals surface area contributed by atoms with Gasteiger partial charge in [-0.1, -0.05) is 0 Å². The third-order valence-corrected chi connectivity index (χ3v) is 6.12. The molecule has 0 aliphatic heterocycles. The predicted octanol–water partition coefficient (Wildman–Crippen LogP) is 4.42. The Morgan fingerprint density at radius 3 is 2.20 bits per heavy atom. The zero-order chi connectivity index (χ0) is 14.2. The number of benzene rings is 2. The van der Waals surface area contributed by atoms with Crippen LogP contribution in [0.4, 0.5) is 13.2 Å². The van der Waals surface area contributed by atoms with E-state index in [-0.39, 0.29) is 0 Å². The van der Waals surface area contributed by atoms with Crippen LogP contribution in [0.1, 0.15) is 0 Å². The molecule has 0 fully saturated rings. The molecule has 3 rings (SSSR count). The fraction of sp³-hybridized carbons (Fsp3) is 0.0667. The molecule has 0 aliphatic rings. The van der Waals surface area contributed by atoms with Crippen LogP contribution in [-0.4, -0.2) is 20.0 Å². The molecule has 0 amide bonds. The molecule has 0 aliphatic carbocycles. The summed E-state index contributed by atoms with van der Waals surface area (Å²) in [5.41, 5.74) is 0.856. The molecule has 20 heavy (non-hydrogen) atoms. The summed E-state index contributed by atoms with van der Waals surface area (Å²) in [5, 5.41) is -3.41. The van der Waals surface area contributed by atoms with Crippen molar-refractivity contribution in [1.29, 1.82) is 0 Å². The summed E-state index contributed by atoms with van der Waals surface area (Å²) in [6.07, 6.45) is 0. The monoisotopic (exact) mass is 358 g/mol. The first-order chi connectivity index (χ1) is 9.54. The van der Waals surface area contributed by atoms with Crippen LogP contribution in [0.25, 0.3) is 20.5 Å². The first-order valence-corrected chi connectivity index (χ1v) is 8.40. The molecule has 3 aromatic rings. The van der Waals surface area contributed by atoms with Crippen molar-refractivity contribution in [2.24, 2.45) is 0 Å². The summed E-state index contributed by atoms with van der Waals surface area (Å²) < 4.78 is 40.0. The van der Waals surface area contributed by atoms with Crippen molar-refractivity contribution >= 4 is 40.8 Å². The third-order valence-electron chi connectivity index (χ3n) is 2.80. The van der Waals surface area contributed by atoms with E-state index in [1.807, 2.05) is 42.5 Å². The molecule has 0 radical (unpaired) electrons. The van der Waals surface area contributed by atoms with Gasteiger partial charge in [-0.05, 0) is 0 Å². The van der Waals surface area contributed by atoms with Crippen molar-refractivity contribution in [3.8, 4) is 10.4 Å².